The second-order valence-corrected chi connectivity index (χ2v) is 8.32. The summed E-state index contributed by atoms with van der Waals surface area (Å²) < 4.78 is 11.9. The molecule has 20 heavy (non-hydrogen) atoms. The Bertz CT molecular complexity index is 350. The minimum atomic E-state index is -0.444. The molecule has 0 spiro atoms. The van der Waals surface area contributed by atoms with Crippen molar-refractivity contribution in [3.05, 3.63) is 0 Å². The van der Waals surface area contributed by atoms with Crippen molar-refractivity contribution in [3.63, 3.8) is 0 Å². The lowest BCUT2D eigenvalue weighted by Crippen LogP contribution is -2.52. The highest BCUT2D eigenvalue weighted by Crippen LogP contribution is 2.57. The van der Waals surface area contributed by atoms with Gasteiger partial charge in [0.05, 0.1) is 21.1 Å². The summed E-state index contributed by atoms with van der Waals surface area (Å²) in [5.74, 6) is 2.38. The molecule has 0 heterocycles. The maximum absolute atomic E-state index is 12.0. The molecule has 0 aliphatic heterocycles. The summed E-state index contributed by atoms with van der Waals surface area (Å²) in [7, 11) is 6.27. The van der Waals surface area contributed by atoms with Crippen LogP contribution in [0.2, 0.25) is 0 Å². The lowest BCUT2D eigenvalue weighted by Gasteiger charge is -2.55. The first-order valence-electron chi connectivity index (χ1n) is 8.00. The third kappa shape index (κ3) is 3.11. The lowest BCUT2D eigenvalue weighted by atomic mass is 9.54. The molecule has 0 amide bonds. The molecule has 4 saturated carbocycles. The van der Waals surface area contributed by atoms with Crippen molar-refractivity contribution in [3.8, 4) is 0 Å². The molecule has 4 heteroatoms. The topological polar surface area (TPSA) is 35.5 Å². The zero-order valence-electron chi connectivity index (χ0n) is 13.1. The van der Waals surface area contributed by atoms with E-state index in [0.717, 1.165) is 48.0 Å². The predicted octanol–water partition coefficient (Wildman–Crippen LogP) is 2.81. The van der Waals surface area contributed by atoms with Crippen LogP contribution in [0.5, 0.6) is 0 Å². The number of hydrogen-bond acceptors (Lipinski definition) is 3. The molecule has 0 N–H and O–H groups in total. The average molecular weight is 282 g/mol. The Balaban J connectivity index is 1.51. The Hall–Kier alpha value is -0.770. The highest BCUT2D eigenvalue weighted by molar-refractivity contribution is 5.60. The van der Waals surface area contributed by atoms with Crippen molar-refractivity contribution in [2.24, 2.45) is 17.8 Å². The molecular formula is C16H28NO3+. The van der Waals surface area contributed by atoms with Gasteiger partial charge in [-0.1, -0.05) is 0 Å². The fourth-order valence-electron chi connectivity index (χ4n) is 4.77. The van der Waals surface area contributed by atoms with Gasteiger partial charge in [0.25, 0.3) is 0 Å². The second-order valence-electron chi connectivity index (χ2n) is 8.32. The van der Waals surface area contributed by atoms with Crippen LogP contribution >= 0.6 is 0 Å². The van der Waals surface area contributed by atoms with E-state index in [1.165, 1.54) is 19.3 Å². The largest absolute Gasteiger partial charge is 0.509 e. The van der Waals surface area contributed by atoms with Gasteiger partial charge < -0.3 is 14.0 Å². The maximum atomic E-state index is 12.0. The summed E-state index contributed by atoms with van der Waals surface area (Å²) in [5.41, 5.74) is -0.178. The number of quaternary nitrogens is 1. The SMILES string of the molecule is C[N+](C)(C)CCOC(=O)OC12CC3CC(CC(C3)C1)C2. The molecule has 4 rings (SSSR count). The van der Waals surface area contributed by atoms with Crippen LogP contribution in [0.15, 0.2) is 0 Å². The van der Waals surface area contributed by atoms with Crippen molar-refractivity contribution in [1.29, 1.82) is 0 Å². The Morgan fingerprint density at radius 2 is 1.55 bits per heavy atom. The number of likely N-dealkylation sites (N-methyl/N-ethyl adjacent to an activating group) is 1. The van der Waals surface area contributed by atoms with Crippen LogP contribution in [-0.2, 0) is 9.47 Å². The van der Waals surface area contributed by atoms with Gasteiger partial charge >= 0.3 is 6.16 Å². The number of nitrogens with zero attached hydrogens (tertiary/aromatic N) is 1. The summed E-state index contributed by atoms with van der Waals surface area (Å²) in [6.45, 7) is 1.25. The normalized spacial score (nSPS) is 38.9. The molecule has 4 aliphatic carbocycles. The third-order valence-corrected chi connectivity index (χ3v) is 5.26. The maximum Gasteiger partial charge on any atom is 0.509 e. The van der Waals surface area contributed by atoms with Crippen LogP contribution in [0.4, 0.5) is 4.79 Å². The lowest BCUT2D eigenvalue weighted by molar-refractivity contribution is -0.870. The van der Waals surface area contributed by atoms with Crippen LogP contribution < -0.4 is 0 Å². The molecule has 0 atom stereocenters. The van der Waals surface area contributed by atoms with Gasteiger partial charge in [-0.25, -0.2) is 4.79 Å². The highest BCUT2D eigenvalue weighted by Gasteiger charge is 2.53. The van der Waals surface area contributed by atoms with E-state index in [1.54, 1.807) is 0 Å². The summed E-state index contributed by atoms with van der Waals surface area (Å²) in [4.78, 5) is 12.0. The van der Waals surface area contributed by atoms with Crippen molar-refractivity contribution in [2.75, 3.05) is 34.3 Å². The van der Waals surface area contributed by atoms with E-state index in [0.29, 0.717) is 6.61 Å². The second kappa shape index (κ2) is 4.90. The molecule has 0 aromatic carbocycles. The Kier molecular flexibility index (Phi) is 3.47. The Morgan fingerprint density at radius 3 is 2.00 bits per heavy atom. The summed E-state index contributed by atoms with van der Waals surface area (Å²) in [6, 6.07) is 0. The summed E-state index contributed by atoms with van der Waals surface area (Å²) in [6.07, 6.45) is 6.86. The first kappa shape index (κ1) is 14.2. The van der Waals surface area contributed by atoms with Gasteiger partial charge in [0, 0.05) is 0 Å². The number of hydrogen-bond donors (Lipinski definition) is 0. The predicted molar refractivity (Wildman–Crippen MR) is 76.2 cm³/mol. The fraction of sp³-hybridized carbons (Fsp3) is 0.938. The van der Waals surface area contributed by atoms with Crippen LogP contribution in [0.25, 0.3) is 0 Å². The van der Waals surface area contributed by atoms with Gasteiger partial charge in [0.1, 0.15) is 18.8 Å². The van der Waals surface area contributed by atoms with Crippen molar-refractivity contribution >= 4 is 6.16 Å². The van der Waals surface area contributed by atoms with E-state index in [2.05, 4.69) is 21.1 Å². The number of carbonyl (C=O) groups is 1. The van der Waals surface area contributed by atoms with Crippen LogP contribution in [0.3, 0.4) is 0 Å². The molecule has 0 aromatic heterocycles. The highest BCUT2D eigenvalue weighted by atomic mass is 16.7. The molecule has 4 aliphatic rings. The Morgan fingerprint density at radius 1 is 1.05 bits per heavy atom. The van der Waals surface area contributed by atoms with Gasteiger partial charge in [-0.15, -0.1) is 0 Å². The molecule has 114 valence electrons. The van der Waals surface area contributed by atoms with E-state index in [1.807, 2.05) is 0 Å². The van der Waals surface area contributed by atoms with Gasteiger partial charge in [0.15, 0.2) is 0 Å². The zero-order chi connectivity index (χ0) is 14.4. The van der Waals surface area contributed by atoms with E-state index < -0.39 is 6.16 Å². The van der Waals surface area contributed by atoms with Crippen LogP contribution in [0, 0.1) is 17.8 Å². The van der Waals surface area contributed by atoms with Crippen molar-refractivity contribution in [2.45, 2.75) is 44.1 Å². The van der Waals surface area contributed by atoms with Gasteiger partial charge in [0.2, 0.25) is 0 Å². The molecule has 0 aromatic rings. The van der Waals surface area contributed by atoms with Crippen LogP contribution in [-0.4, -0.2) is 50.5 Å². The van der Waals surface area contributed by atoms with Crippen molar-refractivity contribution < 1.29 is 18.8 Å². The average Bonchev–Trinajstić information content (AvgIpc) is 2.23. The molecular weight excluding hydrogens is 254 g/mol. The molecule has 0 radical (unpaired) electrons. The van der Waals surface area contributed by atoms with Gasteiger partial charge in [-0.2, -0.15) is 0 Å². The van der Waals surface area contributed by atoms with Crippen LogP contribution in [0.1, 0.15) is 38.5 Å². The quantitative estimate of drug-likeness (QED) is 0.587. The van der Waals surface area contributed by atoms with Gasteiger partial charge in [-0.3, -0.25) is 0 Å². The third-order valence-electron chi connectivity index (χ3n) is 5.26. The number of ether oxygens (including phenoxy) is 2. The van der Waals surface area contributed by atoms with E-state index >= 15 is 0 Å². The molecule has 4 nitrogen and oxygen atoms in total. The monoisotopic (exact) mass is 282 g/mol. The van der Waals surface area contributed by atoms with E-state index in [9.17, 15) is 4.79 Å². The fourth-order valence-corrected chi connectivity index (χ4v) is 4.77. The van der Waals surface area contributed by atoms with Gasteiger partial charge in [-0.05, 0) is 56.3 Å². The standard InChI is InChI=1S/C16H28NO3/c1-17(2,3)4-5-19-15(18)20-16-9-12-6-13(10-16)8-14(7-12)11-16/h12-14H,4-11H2,1-3H3/q+1. The number of carbonyl (C=O) groups excluding carboxylic acids is 1. The smallest absolute Gasteiger partial charge is 0.428 e. The molecule has 0 unspecified atom stereocenters. The molecule has 0 saturated heterocycles. The minimum Gasteiger partial charge on any atom is -0.428 e. The summed E-state index contributed by atoms with van der Waals surface area (Å²) in [5, 5.41) is 0. The van der Waals surface area contributed by atoms with E-state index in [4.69, 9.17) is 9.47 Å². The first-order valence-corrected chi connectivity index (χ1v) is 8.00. The Labute approximate surface area is 122 Å². The zero-order valence-corrected chi connectivity index (χ0v) is 13.1. The van der Waals surface area contributed by atoms with E-state index in [-0.39, 0.29) is 5.60 Å². The number of rotatable bonds is 4. The molecule has 4 bridgehead atoms. The molecule has 4 fully saturated rings. The van der Waals surface area contributed by atoms with Crippen molar-refractivity contribution in [1.82, 2.24) is 0 Å². The summed E-state index contributed by atoms with van der Waals surface area (Å²) >= 11 is 0. The first-order chi connectivity index (χ1) is 9.34. The minimum absolute atomic E-state index is 0.178.